The summed E-state index contributed by atoms with van der Waals surface area (Å²) in [4.78, 5) is 8.27. The Morgan fingerprint density at radius 3 is 2.91 bits per heavy atom. The van der Waals surface area contributed by atoms with E-state index in [0.717, 1.165) is 25.0 Å². The second-order valence-electron chi connectivity index (χ2n) is 6.86. The van der Waals surface area contributed by atoms with E-state index in [1.807, 2.05) is 7.05 Å². The second kappa shape index (κ2) is 7.97. The Morgan fingerprint density at radius 1 is 1.45 bits per heavy atom. The third-order valence-corrected chi connectivity index (χ3v) is 5.31. The van der Waals surface area contributed by atoms with Gasteiger partial charge in [0.25, 0.3) is 0 Å². The van der Waals surface area contributed by atoms with Crippen molar-refractivity contribution in [2.45, 2.75) is 45.7 Å². The smallest absolute Gasteiger partial charge is 0.191 e. The molecule has 0 spiro atoms. The zero-order valence-electron chi connectivity index (χ0n) is 14.4. The number of guanidine groups is 1. The minimum absolute atomic E-state index is 0.148. The molecule has 2 heterocycles. The molecule has 1 fully saturated rings. The molecule has 4 nitrogen and oxygen atoms in total. The highest BCUT2D eigenvalue weighted by Gasteiger charge is 2.30. The molecule has 0 bridgehead atoms. The van der Waals surface area contributed by atoms with Gasteiger partial charge in [-0.1, -0.05) is 13.0 Å². The Morgan fingerprint density at radius 2 is 2.27 bits per heavy atom. The fourth-order valence-electron chi connectivity index (χ4n) is 2.96. The van der Waals surface area contributed by atoms with Crippen LogP contribution < -0.4 is 10.6 Å². The number of thiophene rings is 1. The molecular formula is C17H30N4S. The summed E-state index contributed by atoms with van der Waals surface area (Å²) in [5.74, 6) is 1.69. The zero-order valence-corrected chi connectivity index (χ0v) is 15.2. The molecule has 22 heavy (non-hydrogen) atoms. The van der Waals surface area contributed by atoms with Crippen LogP contribution in [0.2, 0.25) is 0 Å². The van der Waals surface area contributed by atoms with Gasteiger partial charge in [-0.2, -0.15) is 0 Å². The molecule has 0 radical (unpaired) electrons. The van der Waals surface area contributed by atoms with Crippen molar-refractivity contribution in [3.8, 4) is 0 Å². The molecule has 124 valence electrons. The first-order chi connectivity index (χ1) is 10.5. The van der Waals surface area contributed by atoms with E-state index in [4.69, 9.17) is 0 Å². The van der Waals surface area contributed by atoms with Crippen molar-refractivity contribution in [1.29, 1.82) is 0 Å². The number of nitrogens with one attached hydrogen (secondary N) is 2. The molecule has 1 unspecified atom stereocenters. The van der Waals surface area contributed by atoms with Crippen LogP contribution in [0.4, 0.5) is 0 Å². The second-order valence-corrected chi connectivity index (χ2v) is 7.90. The van der Waals surface area contributed by atoms with Crippen molar-refractivity contribution in [2.75, 3.05) is 26.7 Å². The minimum Gasteiger partial charge on any atom is -0.355 e. The molecule has 1 aromatic rings. The molecule has 1 aromatic heterocycles. The van der Waals surface area contributed by atoms with Gasteiger partial charge < -0.3 is 10.6 Å². The lowest BCUT2D eigenvalue weighted by Crippen LogP contribution is -2.55. The van der Waals surface area contributed by atoms with Gasteiger partial charge in [0, 0.05) is 30.6 Å². The minimum atomic E-state index is 0.148. The number of hydrogen-bond donors (Lipinski definition) is 2. The van der Waals surface area contributed by atoms with Crippen LogP contribution >= 0.6 is 11.3 Å². The Labute approximate surface area is 139 Å². The van der Waals surface area contributed by atoms with E-state index < -0.39 is 0 Å². The molecule has 0 amide bonds. The van der Waals surface area contributed by atoms with Gasteiger partial charge in [0.05, 0.1) is 6.54 Å². The van der Waals surface area contributed by atoms with Crippen LogP contribution in [0.3, 0.4) is 0 Å². The summed E-state index contributed by atoms with van der Waals surface area (Å²) < 4.78 is 0. The van der Waals surface area contributed by atoms with Crippen LogP contribution in [-0.4, -0.2) is 43.1 Å². The Balaban J connectivity index is 1.81. The van der Waals surface area contributed by atoms with Crippen LogP contribution in [0.1, 0.15) is 38.5 Å². The van der Waals surface area contributed by atoms with Gasteiger partial charge >= 0.3 is 0 Å². The highest BCUT2D eigenvalue weighted by Crippen LogP contribution is 2.23. The van der Waals surface area contributed by atoms with E-state index in [-0.39, 0.29) is 5.54 Å². The van der Waals surface area contributed by atoms with E-state index in [9.17, 15) is 0 Å². The van der Waals surface area contributed by atoms with Gasteiger partial charge in [-0.3, -0.25) is 9.89 Å². The Hall–Kier alpha value is -1.07. The molecular weight excluding hydrogens is 292 g/mol. The predicted octanol–water partition coefficient (Wildman–Crippen LogP) is 2.92. The zero-order chi connectivity index (χ0) is 16.0. The Bertz CT molecular complexity index is 467. The van der Waals surface area contributed by atoms with Gasteiger partial charge in [-0.25, -0.2) is 0 Å². The molecule has 1 atom stereocenters. The van der Waals surface area contributed by atoms with Gasteiger partial charge in [0.1, 0.15) is 0 Å². The molecule has 1 aliphatic rings. The van der Waals surface area contributed by atoms with Crippen LogP contribution in [0.5, 0.6) is 0 Å². The topological polar surface area (TPSA) is 39.7 Å². The maximum absolute atomic E-state index is 4.33. The van der Waals surface area contributed by atoms with Crippen molar-refractivity contribution >= 4 is 17.3 Å². The summed E-state index contributed by atoms with van der Waals surface area (Å²) in [6.07, 6.45) is 2.68. The standard InChI is InChI=1S/C17H30N4S/c1-14-7-5-9-21(12-14)17(2,3)13-20-16(18-4)19-11-15-8-6-10-22-15/h6,8,10,14H,5,7,9,11-13H2,1-4H3,(H2,18,19,20). The van der Waals surface area contributed by atoms with Crippen molar-refractivity contribution in [3.05, 3.63) is 22.4 Å². The van der Waals surface area contributed by atoms with E-state index in [0.29, 0.717) is 0 Å². The van der Waals surface area contributed by atoms with Gasteiger partial charge in [0.2, 0.25) is 0 Å². The molecule has 0 saturated carbocycles. The number of likely N-dealkylation sites (tertiary alicyclic amines) is 1. The normalized spacial score (nSPS) is 20.9. The fraction of sp³-hybridized carbons (Fsp3) is 0.706. The molecule has 0 aromatic carbocycles. The highest BCUT2D eigenvalue weighted by atomic mass is 32.1. The summed E-state index contributed by atoms with van der Waals surface area (Å²) in [6.45, 7) is 11.2. The Kier molecular flexibility index (Phi) is 6.26. The first-order valence-electron chi connectivity index (χ1n) is 8.23. The molecule has 2 N–H and O–H groups in total. The summed E-state index contributed by atoms with van der Waals surface area (Å²) >= 11 is 1.77. The van der Waals surface area contributed by atoms with Crippen molar-refractivity contribution in [2.24, 2.45) is 10.9 Å². The fourth-order valence-corrected chi connectivity index (χ4v) is 3.60. The molecule has 2 rings (SSSR count). The summed E-state index contributed by atoms with van der Waals surface area (Å²) in [6, 6.07) is 4.22. The predicted molar refractivity (Wildman–Crippen MR) is 96.6 cm³/mol. The first kappa shape index (κ1) is 17.3. The van der Waals surface area contributed by atoms with Gasteiger partial charge in [-0.05, 0) is 50.6 Å². The van der Waals surface area contributed by atoms with Crippen molar-refractivity contribution < 1.29 is 0 Å². The average Bonchev–Trinajstić information content (AvgIpc) is 3.01. The third kappa shape index (κ3) is 4.99. The lowest BCUT2D eigenvalue weighted by Gasteiger charge is -2.43. The maximum Gasteiger partial charge on any atom is 0.191 e. The quantitative estimate of drug-likeness (QED) is 0.647. The highest BCUT2D eigenvalue weighted by molar-refractivity contribution is 7.09. The SMILES string of the molecule is CN=C(NCc1cccs1)NCC(C)(C)N1CCCC(C)C1. The largest absolute Gasteiger partial charge is 0.355 e. The number of nitrogens with zero attached hydrogens (tertiary/aromatic N) is 2. The number of piperidine rings is 1. The van der Waals surface area contributed by atoms with E-state index in [1.165, 1.54) is 30.8 Å². The van der Waals surface area contributed by atoms with Crippen LogP contribution in [-0.2, 0) is 6.54 Å². The van der Waals surface area contributed by atoms with Crippen LogP contribution in [0.15, 0.2) is 22.5 Å². The summed E-state index contributed by atoms with van der Waals surface area (Å²) in [5, 5.41) is 8.98. The molecule has 0 aliphatic carbocycles. The van der Waals surface area contributed by atoms with Crippen LogP contribution in [0.25, 0.3) is 0 Å². The van der Waals surface area contributed by atoms with Gasteiger partial charge in [-0.15, -0.1) is 11.3 Å². The first-order valence-corrected chi connectivity index (χ1v) is 9.11. The monoisotopic (exact) mass is 322 g/mol. The summed E-state index contributed by atoms with van der Waals surface area (Å²) in [5.41, 5.74) is 0.148. The summed E-state index contributed by atoms with van der Waals surface area (Å²) in [7, 11) is 1.83. The molecule has 1 saturated heterocycles. The number of hydrogen-bond acceptors (Lipinski definition) is 3. The van der Waals surface area contributed by atoms with E-state index in [1.54, 1.807) is 11.3 Å². The number of aliphatic imine (C=N–C) groups is 1. The van der Waals surface area contributed by atoms with Gasteiger partial charge in [0.15, 0.2) is 5.96 Å². The lowest BCUT2D eigenvalue weighted by molar-refractivity contribution is 0.0739. The maximum atomic E-state index is 4.33. The van der Waals surface area contributed by atoms with Crippen molar-refractivity contribution in [3.63, 3.8) is 0 Å². The molecule has 5 heteroatoms. The van der Waals surface area contributed by atoms with E-state index in [2.05, 4.69) is 58.8 Å². The lowest BCUT2D eigenvalue weighted by atomic mass is 9.93. The van der Waals surface area contributed by atoms with E-state index >= 15 is 0 Å². The van der Waals surface area contributed by atoms with Crippen LogP contribution in [0, 0.1) is 5.92 Å². The average molecular weight is 323 g/mol. The van der Waals surface area contributed by atoms with Crippen molar-refractivity contribution in [1.82, 2.24) is 15.5 Å². The molecule has 1 aliphatic heterocycles. The number of rotatable bonds is 5. The third-order valence-electron chi connectivity index (χ3n) is 4.44.